The molecule has 0 saturated carbocycles. The molecule has 3 N–H and O–H groups in total. The van der Waals surface area contributed by atoms with Gasteiger partial charge in [-0.25, -0.2) is 9.78 Å². The number of anilines is 2. The topological polar surface area (TPSA) is 102 Å². The summed E-state index contributed by atoms with van der Waals surface area (Å²) in [4.78, 5) is 36.3. The van der Waals surface area contributed by atoms with Crippen LogP contribution in [0.2, 0.25) is 5.02 Å². The molecule has 0 spiro atoms. The van der Waals surface area contributed by atoms with E-state index in [0.717, 1.165) is 16.7 Å². The van der Waals surface area contributed by atoms with Gasteiger partial charge in [0.1, 0.15) is 11.4 Å². The van der Waals surface area contributed by atoms with E-state index < -0.39 is 23.0 Å². The molecule has 1 aliphatic heterocycles. The predicted molar refractivity (Wildman–Crippen MR) is 215 cm³/mol. The number of benzene rings is 4. The van der Waals surface area contributed by atoms with Crippen molar-refractivity contribution in [3.63, 3.8) is 0 Å². The third kappa shape index (κ3) is 8.26. The number of hydrogen-bond donors (Lipinski definition) is 3. The Hall–Kier alpha value is -5.68. The van der Waals surface area contributed by atoms with Crippen molar-refractivity contribution in [2.75, 3.05) is 37.0 Å². The van der Waals surface area contributed by atoms with Gasteiger partial charge in [-0.05, 0) is 73.9 Å². The lowest BCUT2D eigenvalue weighted by Gasteiger charge is -2.48. The second-order valence-corrected chi connectivity index (χ2v) is 14.6. The second kappa shape index (κ2) is 16.1. The number of hydrogen-bond acceptors (Lipinski definition) is 8. The van der Waals surface area contributed by atoms with Crippen LogP contribution in [0.25, 0.3) is 0 Å². The Bertz CT molecular complexity index is 1960. The number of aromatic nitrogens is 1. The van der Waals surface area contributed by atoms with E-state index in [0.29, 0.717) is 22.1 Å². The molecule has 278 valence electrons. The number of carbonyl (C=O) groups is 2. The quantitative estimate of drug-likeness (QED) is 0.0891. The maximum Gasteiger partial charge on any atom is 0.416 e. The van der Waals surface area contributed by atoms with E-state index in [1.807, 2.05) is 112 Å². The zero-order chi connectivity index (χ0) is 38.3. The van der Waals surface area contributed by atoms with Crippen molar-refractivity contribution < 1.29 is 14.3 Å². The van der Waals surface area contributed by atoms with Crippen molar-refractivity contribution in [1.29, 1.82) is 0 Å². The number of halogens is 1. The standard InChI is InChI=1S/C43H46ClN7O3/c1-41(2,3)54-40(53)50(38-23-15-16-27-45-38)29-30-51-42(26-28-46-51,47-39(52)36-25-24-35(44)31-37(36)49(4)5)48-43(32-17-9-6-10-18-32,33-19-11-7-12-20-33)34-21-13-8-14-22-34/h6-28,31,46,48H,29-30H2,1-5H3,(H,47,52). The molecule has 1 atom stereocenters. The minimum absolute atomic E-state index is 0.152. The van der Waals surface area contributed by atoms with Crippen LogP contribution in [0.1, 0.15) is 47.8 Å². The number of hydrazine groups is 1. The fraction of sp³-hybridized carbons (Fsp3) is 0.233. The molecule has 2 heterocycles. The Kier molecular flexibility index (Phi) is 11.4. The highest BCUT2D eigenvalue weighted by atomic mass is 35.5. The maximum atomic E-state index is 14.7. The SMILES string of the molecule is CN(C)c1cc(Cl)ccc1C(=O)NC1(NC(c2ccccc2)(c2ccccc2)c2ccccc2)C=CNN1CCN(C(=O)OC(C)(C)C)c1ccccn1. The third-order valence-electron chi connectivity index (χ3n) is 9.06. The summed E-state index contributed by atoms with van der Waals surface area (Å²) >= 11 is 6.42. The molecular weight excluding hydrogens is 698 g/mol. The van der Waals surface area contributed by atoms with Crippen LogP contribution in [0.5, 0.6) is 0 Å². The van der Waals surface area contributed by atoms with Crippen LogP contribution >= 0.6 is 11.6 Å². The molecule has 2 amide bonds. The molecule has 54 heavy (non-hydrogen) atoms. The van der Waals surface area contributed by atoms with Gasteiger partial charge in [0.25, 0.3) is 5.91 Å². The number of nitrogens with zero attached hydrogens (tertiary/aromatic N) is 4. The molecule has 4 aromatic carbocycles. The summed E-state index contributed by atoms with van der Waals surface area (Å²) in [5.74, 6) is -1.31. The number of pyridine rings is 1. The first-order valence-corrected chi connectivity index (χ1v) is 18.2. The molecule has 1 aliphatic rings. The highest BCUT2D eigenvalue weighted by Gasteiger charge is 2.49. The first kappa shape index (κ1) is 38.1. The summed E-state index contributed by atoms with van der Waals surface area (Å²) < 4.78 is 5.83. The smallest absolute Gasteiger partial charge is 0.416 e. The average Bonchev–Trinajstić information content (AvgIpc) is 3.55. The molecule has 0 bridgehead atoms. The molecular formula is C43H46ClN7O3. The van der Waals surface area contributed by atoms with Crippen molar-refractivity contribution in [1.82, 2.24) is 26.1 Å². The van der Waals surface area contributed by atoms with Crippen LogP contribution in [0.4, 0.5) is 16.3 Å². The molecule has 6 rings (SSSR count). The molecule has 1 aromatic heterocycles. The summed E-state index contributed by atoms with van der Waals surface area (Å²) in [5.41, 5.74) is 5.54. The minimum Gasteiger partial charge on any atom is -0.443 e. The van der Waals surface area contributed by atoms with Crippen LogP contribution in [-0.4, -0.2) is 60.6 Å². The number of rotatable bonds is 12. The molecule has 0 radical (unpaired) electrons. The van der Waals surface area contributed by atoms with Gasteiger partial charge in [0, 0.05) is 44.6 Å². The Labute approximate surface area is 322 Å². The lowest BCUT2D eigenvalue weighted by molar-refractivity contribution is 0.0289. The van der Waals surface area contributed by atoms with E-state index >= 15 is 0 Å². The Balaban J connectivity index is 1.50. The van der Waals surface area contributed by atoms with Crippen LogP contribution in [0.3, 0.4) is 0 Å². The summed E-state index contributed by atoms with van der Waals surface area (Å²) in [6.07, 6.45) is 4.77. The van der Waals surface area contributed by atoms with Crippen molar-refractivity contribution >= 4 is 35.1 Å². The molecule has 5 aromatic rings. The lowest BCUT2D eigenvalue weighted by atomic mass is 9.76. The third-order valence-corrected chi connectivity index (χ3v) is 9.29. The van der Waals surface area contributed by atoms with Gasteiger partial charge in [-0.3, -0.25) is 15.0 Å². The minimum atomic E-state index is -1.40. The van der Waals surface area contributed by atoms with Gasteiger partial charge in [0.15, 0.2) is 5.79 Å². The molecule has 11 heteroatoms. The van der Waals surface area contributed by atoms with Gasteiger partial charge in [0.2, 0.25) is 0 Å². The van der Waals surface area contributed by atoms with Crippen LogP contribution in [0.15, 0.2) is 146 Å². The summed E-state index contributed by atoms with van der Waals surface area (Å²) in [6.45, 7) is 5.84. The van der Waals surface area contributed by atoms with Crippen molar-refractivity contribution in [3.8, 4) is 0 Å². The van der Waals surface area contributed by atoms with E-state index in [1.54, 1.807) is 42.7 Å². The first-order chi connectivity index (χ1) is 25.9. The summed E-state index contributed by atoms with van der Waals surface area (Å²) in [6, 6.07) is 41.0. The van der Waals surface area contributed by atoms with Crippen molar-refractivity contribution in [2.24, 2.45) is 0 Å². The normalized spacial score (nSPS) is 15.7. The van der Waals surface area contributed by atoms with E-state index in [9.17, 15) is 9.59 Å². The molecule has 10 nitrogen and oxygen atoms in total. The van der Waals surface area contributed by atoms with Gasteiger partial charge in [-0.2, -0.15) is 5.01 Å². The Morgan fingerprint density at radius 1 is 0.833 bits per heavy atom. The number of ether oxygens (including phenoxy) is 1. The summed E-state index contributed by atoms with van der Waals surface area (Å²) in [5, 5.41) is 9.75. The monoisotopic (exact) mass is 743 g/mol. The number of carbonyl (C=O) groups excluding carboxylic acids is 2. The Morgan fingerprint density at radius 3 is 1.93 bits per heavy atom. The number of amides is 2. The zero-order valence-electron chi connectivity index (χ0n) is 31.2. The van der Waals surface area contributed by atoms with Crippen LogP contribution < -0.4 is 25.9 Å². The second-order valence-electron chi connectivity index (χ2n) is 14.2. The predicted octanol–water partition coefficient (Wildman–Crippen LogP) is 7.54. The highest BCUT2D eigenvalue weighted by Crippen LogP contribution is 2.40. The zero-order valence-corrected chi connectivity index (χ0v) is 31.9. The molecule has 0 aliphatic carbocycles. The highest BCUT2D eigenvalue weighted by molar-refractivity contribution is 6.31. The maximum absolute atomic E-state index is 14.7. The van der Waals surface area contributed by atoms with E-state index in [2.05, 4.69) is 57.4 Å². The number of nitrogens with one attached hydrogen (secondary N) is 3. The van der Waals surface area contributed by atoms with Gasteiger partial charge < -0.3 is 20.4 Å². The van der Waals surface area contributed by atoms with E-state index in [1.165, 1.54) is 4.90 Å². The fourth-order valence-electron chi connectivity index (χ4n) is 6.63. The fourth-order valence-corrected chi connectivity index (χ4v) is 6.80. The van der Waals surface area contributed by atoms with Crippen molar-refractivity contribution in [3.05, 3.63) is 173 Å². The van der Waals surface area contributed by atoms with Gasteiger partial charge in [-0.15, -0.1) is 0 Å². The van der Waals surface area contributed by atoms with Crippen LogP contribution in [-0.2, 0) is 10.3 Å². The lowest BCUT2D eigenvalue weighted by Crippen LogP contribution is -2.73. The van der Waals surface area contributed by atoms with Gasteiger partial charge in [0.05, 0.1) is 16.8 Å². The largest absolute Gasteiger partial charge is 0.443 e. The summed E-state index contributed by atoms with van der Waals surface area (Å²) in [7, 11) is 3.74. The van der Waals surface area contributed by atoms with Gasteiger partial charge >= 0.3 is 6.09 Å². The Morgan fingerprint density at radius 2 is 1.41 bits per heavy atom. The average molecular weight is 744 g/mol. The molecule has 1 unspecified atom stereocenters. The van der Waals surface area contributed by atoms with E-state index in [4.69, 9.17) is 16.3 Å². The molecule has 0 fully saturated rings. The van der Waals surface area contributed by atoms with Crippen molar-refractivity contribution in [2.45, 2.75) is 37.7 Å². The van der Waals surface area contributed by atoms with Crippen LogP contribution in [0, 0.1) is 0 Å². The molecule has 0 saturated heterocycles. The van der Waals surface area contributed by atoms with E-state index in [-0.39, 0.29) is 19.0 Å². The van der Waals surface area contributed by atoms with Gasteiger partial charge in [-0.1, -0.05) is 109 Å². The first-order valence-electron chi connectivity index (χ1n) is 17.8.